The molecule has 0 saturated carbocycles. The average Bonchev–Trinajstić information content (AvgIpc) is 3.79. The highest BCUT2D eigenvalue weighted by molar-refractivity contribution is 5.97. The Bertz CT molecular complexity index is 1730. The van der Waals surface area contributed by atoms with Crippen LogP contribution >= 0.6 is 0 Å². The number of aliphatic hydroxyl groups is 1. The molecule has 1 unspecified atom stereocenters. The van der Waals surface area contributed by atoms with Gasteiger partial charge in [0.1, 0.15) is 11.9 Å². The number of ketones is 1. The van der Waals surface area contributed by atoms with E-state index >= 15 is 0 Å². The van der Waals surface area contributed by atoms with E-state index in [2.05, 4.69) is 63.5 Å². The maximum absolute atomic E-state index is 13.2. The Morgan fingerprint density at radius 1 is 0.593 bits per heavy atom. The smallest absolute Gasteiger partial charge is 0.254 e. The fourth-order valence-electron chi connectivity index (χ4n) is 7.53. The van der Waals surface area contributed by atoms with Crippen LogP contribution in [0.5, 0.6) is 0 Å². The van der Waals surface area contributed by atoms with Gasteiger partial charge in [-0.05, 0) is 89.8 Å². The van der Waals surface area contributed by atoms with Crippen molar-refractivity contribution in [1.82, 2.24) is 29.4 Å². The summed E-state index contributed by atoms with van der Waals surface area (Å²) in [7, 11) is 0. The number of rotatable bonds is 6. The zero-order valence-electron chi connectivity index (χ0n) is 33.6. The Hall–Kier alpha value is -4.13. The SMILES string of the molecule is CC(=O)CCC(=O)N1CCN(C(=O)c2cccc3c2CN(C(C)(C)C)C3)CC1.CC(O)C(=O)N1CCN(C(=O)c2cccc3c2CN(C(C)(C)C)C3)CC1. The number of aliphatic hydroxyl groups excluding tert-OH is 1. The topological polar surface area (TPSA) is 125 Å². The van der Waals surface area contributed by atoms with E-state index in [4.69, 9.17) is 0 Å². The van der Waals surface area contributed by atoms with Gasteiger partial charge in [0, 0.05) is 114 Å². The summed E-state index contributed by atoms with van der Waals surface area (Å²) in [6.45, 7) is 23.6. The molecule has 1 N–H and O–H groups in total. The van der Waals surface area contributed by atoms with E-state index in [0.29, 0.717) is 58.8 Å². The number of benzene rings is 2. The summed E-state index contributed by atoms with van der Waals surface area (Å²) in [5.74, 6) is -0.128. The molecule has 0 aliphatic carbocycles. The van der Waals surface area contributed by atoms with E-state index in [0.717, 1.165) is 48.4 Å². The summed E-state index contributed by atoms with van der Waals surface area (Å²) in [6.07, 6.45) is -0.436. The van der Waals surface area contributed by atoms with Gasteiger partial charge in [-0.2, -0.15) is 0 Å². The van der Waals surface area contributed by atoms with Crippen molar-refractivity contribution in [3.05, 3.63) is 69.8 Å². The number of fused-ring (bicyclic) bond motifs is 2. The molecule has 2 aromatic rings. The largest absolute Gasteiger partial charge is 0.384 e. The summed E-state index contributed by atoms with van der Waals surface area (Å²) in [5, 5.41) is 9.45. The molecule has 4 aliphatic heterocycles. The fraction of sp³-hybridized carbons (Fsp3) is 0.595. The van der Waals surface area contributed by atoms with Crippen LogP contribution in [0.15, 0.2) is 36.4 Å². The lowest BCUT2D eigenvalue weighted by Gasteiger charge is -2.35. The van der Waals surface area contributed by atoms with Crippen LogP contribution in [-0.2, 0) is 40.6 Å². The van der Waals surface area contributed by atoms with Crippen molar-refractivity contribution in [2.75, 3.05) is 52.4 Å². The van der Waals surface area contributed by atoms with E-state index in [-0.39, 0.29) is 46.9 Å². The minimum atomic E-state index is -0.988. The third kappa shape index (κ3) is 9.56. The van der Waals surface area contributed by atoms with Crippen LogP contribution in [0.4, 0.5) is 0 Å². The van der Waals surface area contributed by atoms with Crippen LogP contribution in [-0.4, -0.2) is 133 Å². The molecule has 0 bridgehead atoms. The summed E-state index contributed by atoms with van der Waals surface area (Å²) < 4.78 is 0. The number of nitrogens with zero attached hydrogens (tertiary/aromatic N) is 6. The van der Waals surface area contributed by atoms with Gasteiger partial charge in [-0.3, -0.25) is 29.0 Å². The van der Waals surface area contributed by atoms with Gasteiger partial charge in [0.05, 0.1) is 0 Å². The summed E-state index contributed by atoms with van der Waals surface area (Å²) >= 11 is 0. The second-order valence-corrected chi connectivity index (χ2v) is 17.1. The van der Waals surface area contributed by atoms with Crippen molar-refractivity contribution in [3.63, 3.8) is 0 Å². The highest BCUT2D eigenvalue weighted by atomic mass is 16.3. The van der Waals surface area contributed by atoms with Crippen molar-refractivity contribution < 1.29 is 29.1 Å². The van der Waals surface area contributed by atoms with Gasteiger partial charge in [0.25, 0.3) is 17.7 Å². The summed E-state index contributed by atoms with van der Waals surface area (Å²) in [4.78, 5) is 73.3. The zero-order chi connectivity index (χ0) is 39.5. The molecule has 0 spiro atoms. The average molecular weight is 745 g/mol. The number of hydrogen-bond acceptors (Lipinski definition) is 8. The normalized spacial score (nSPS) is 18.5. The van der Waals surface area contributed by atoms with Crippen molar-refractivity contribution in [2.45, 2.75) is 112 Å². The standard InChI is InChI=1S/C22H31N3O3.C20H29N3O3/c1-16(26)8-9-20(27)23-10-12-24(13-11-23)21(28)18-7-5-6-17-14-25(15-19(17)18)22(2,3)4;1-14(24)18(25)21-8-10-22(11-9-21)19(26)16-7-5-6-15-12-23(13-17(15)16)20(2,3)4/h5-7H,8-15H2,1-4H3;5-7,14,24H,8-13H2,1-4H3. The Balaban J connectivity index is 0.000000208. The molecule has 1 atom stereocenters. The predicted octanol–water partition coefficient (Wildman–Crippen LogP) is 3.92. The third-order valence-corrected chi connectivity index (χ3v) is 11.2. The molecule has 0 radical (unpaired) electrons. The van der Waals surface area contributed by atoms with Gasteiger partial charge in [-0.25, -0.2) is 0 Å². The van der Waals surface area contributed by atoms with Crippen molar-refractivity contribution in [3.8, 4) is 0 Å². The van der Waals surface area contributed by atoms with E-state index in [1.54, 1.807) is 9.80 Å². The Morgan fingerprint density at radius 2 is 0.981 bits per heavy atom. The predicted molar refractivity (Wildman–Crippen MR) is 207 cm³/mol. The molecule has 2 saturated heterocycles. The third-order valence-electron chi connectivity index (χ3n) is 11.2. The zero-order valence-corrected chi connectivity index (χ0v) is 33.6. The first-order chi connectivity index (χ1) is 25.3. The molecule has 12 heteroatoms. The lowest BCUT2D eigenvalue weighted by atomic mass is 10.0. The maximum Gasteiger partial charge on any atom is 0.254 e. The monoisotopic (exact) mass is 744 g/mol. The second kappa shape index (κ2) is 16.7. The van der Waals surface area contributed by atoms with Crippen LogP contribution in [0.3, 0.4) is 0 Å². The van der Waals surface area contributed by atoms with Crippen LogP contribution in [0.1, 0.15) is 111 Å². The molecular formula is C42H60N6O6. The van der Waals surface area contributed by atoms with Crippen LogP contribution in [0.25, 0.3) is 0 Å². The van der Waals surface area contributed by atoms with Crippen molar-refractivity contribution in [2.24, 2.45) is 0 Å². The Labute approximate surface area is 321 Å². The Morgan fingerprint density at radius 3 is 1.35 bits per heavy atom. The minimum Gasteiger partial charge on any atom is -0.384 e. The Kier molecular flexibility index (Phi) is 12.7. The number of amides is 4. The molecule has 4 aliphatic rings. The van der Waals surface area contributed by atoms with Crippen LogP contribution in [0, 0.1) is 0 Å². The molecule has 2 fully saturated rings. The molecule has 4 amide bonds. The first-order valence-corrected chi connectivity index (χ1v) is 19.4. The van der Waals surface area contributed by atoms with Gasteiger partial charge in [0.15, 0.2) is 0 Å². The van der Waals surface area contributed by atoms with Gasteiger partial charge in [0.2, 0.25) is 5.91 Å². The minimum absolute atomic E-state index is 0.00345. The fourth-order valence-corrected chi connectivity index (χ4v) is 7.53. The van der Waals surface area contributed by atoms with Gasteiger partial charge in [-0.15, -0.1) is 0 Å². The molecule has 54 heavy (non-hydrogen) atoms. The van der Waals surface area contributed by atoms with Crippen LogP contribution in [0.2, 0.25) is 0 Å². The molecule has 0 aromatic heterocycles. The second-order valence-electron chi connectivity index (χ2n) is 17.1. The van der Waals surface area contributed by atoms with Gasteiger partial charge >= 0.3 is 0 Å². The highest BCUT2D eigenvalue weighted by Crippen LogP contribution is 2.33. The summed E-state index contributed by atoms with van der Waals surface area (Å²) in [6, 6.07) is 12.0. The van der Waals surface area contributed by atoms with Crippen LogP contribution < -0.4 is 0 Å². The first kappa shape index (κ1) is 41.0. The number of Topliss-reactive ketones (excluding diaryl/α,β-unsaturated/α-hetero) is 1. The van der Waals surface area contributed by atoms with E-state index in [1.165, 1.54) is 25.0 Å². The molecule has 12 nitrogen and oxygen atoms in total. The highest BCUT2D eigenvalue weighted by Gasteiger charge is 2.35. The molecule has 294 valence electrons. The van der Waals surface area contributed by atoms with E-state index in [9.17, 15) is 29.1 Å². The van der Waals surface area contributed by atoms with Crippen molar-refractivity contribution in [1.29, 1.82) is 0 Å². The van der Waals surface area contributed by atoms with Gasteiger partial charge < -0.3 is 29.5 Å². The van der Waals surface area contributed by atoms with E-state index < -0.39 is 6.10 Å². The lowest BCUT2D eigenvalue weighted by Crippen LogP contribution is -2.52. The lowest BCUT2D eigenvalue weighted by molar-refractivity contribution is -0.140. The molecule has 6 rings (SSSR count). The van der Waals surface area contributed by atoms with E-state index in [1.807, 2.05) is 34.1 Å². The van der Waals surface area contributed by atoms with Gasteiger partial charge in [-0.1, -0.05) is 24.3 Å². The molecule has 4 heterocycles. The first-order valence-electron chi connectivity index (χ1n) is 19.4. The maximum atomic E-state index is 13.2. The number of carbonyl (C=O) groups excluding carboxylic acids is 5. The number of hydrogen-bond donors (Lipinski definition) is 1. The summed E-state index contributed by atoms with van der Waals surface area (Å²) in [5.41, 5.74) is 6.44. The number of carbonyl (C=O) groups is 5. The molecule has 2 aromatic carbocycles. The molecular weight excluding hydrogens is 684 g/mol. The quantitative estimate of drug-likeness (QED) is 0.473. The van der Waals surface area contributed by atoms with Crippen molar-refractivity contribution >= 4 is 29.4 Å². The number of piperazine rings is 2.